The van der Waals surface area contributed by atoms with E-state index in [0.717, 1.165) is 11.3 Å². The van der Waals surface area contributed by atoms with Gasteiger partial charge in [0, 0.05) is 0 Å². The van der Waals surface area contributed by atoms with Crippen LogP contribution in [0.2, 0.25) is 0 Å². The van der Waals surface area contributed by atoms with Crippen LogP contribution in [0.1, 0.15) is 19.4 Å². The van der Waals surface area contributed by atoms with E-state index in [1.165, 1.54) is 0 Å². The molecule has 71 valence electrons. The Hall–Kier alpha value is -1.02. The van der Waals surface area contributed by atoms with E-state index in [9.17, 15) is 5.11 Å². The first-order chi connectivity index (χ1) is 6.22. The van der Waals surface area contributed by atoms with E-state index in [-0.39, 0.29) is 12.7 Å². The summed E-state index contributed by atoms with van der Waals surface area (Å²) in [6.07, 6.45) is 0.799. The van der Waals surface area contributed by atoms with Crippen LogP contribution in [0.15, 0.2) is 24.3 Å². The van der Waals surface area contributed by atoms with E-state index in [1.807, 2.05) is 38.1 Å². The monoisotopic (exact) mass is 179 g/mol. The zero-order valence-electron chi connectivity index (χ0n) is 8.12. The second-order valence-corrected chi connectivity index (χ2v) is 3.26. The van der Waals surface area contributed by atoms with Crippen LogP contribution < -0.4 is 4.74 Å². The quantitative estimate of drug-likeness (QED) is 0.698. The summed E-state index contributed by atoms with van der Waals surface area (Å²) >= 11 is 0. The van der Waals surface area contributed by atoms with E-state index in [1.54, 1.807) is 0 Å². The van der Waals surface area contributed by atoms with Crippen molar-refractivity contribution in [3.05, 3.63) is 29.8 Å². The van der Waals surface area contributed by atoms with Gasteiger partial charge in [0.25, 0.3) is 0 Å². The molecule has 1 aromatic rings. The molecule has 0 N–H and O–H groups in total. The standard InChI is InChI=1S/C11H15O2/c1-9(2)13-11-5-3-10(4-6-11)7-8-12/h3-6,9H,7-8H2,1-2H3. The molecular formula is C11H15O2. The van der Waals surface area contributed by atoms with Crippen LogP contribution in [-0.2, 0) is 11.5 Å². The Morgan fingerprint density at radius 2 is 1.85 bits per heavy atom. The van der Waals surface area contributed by atoms with Crippen LogP contribution in [0.5, 0.6) is 5.75 Å². The highest BCUT2D eigenvalue weighted by molar-refractivity contribution is 5.27. The van der Waals surface area contributed by atoms with E-state index in [4.69, 9.17) is 4.74 Å². The summed E-state index contributed by atoms with van der Waals surface area (Å²) in [4.78, 5) is 0. The van der Waals surface area contributed by atoms with Gasteiger partial charge in [0.2, 0.25) is 0 Å². The molecular weight excluding hydrogens is 164 g/mol. The Kier molecular flexibility index (Phi) is 3.77. The van der Waals surface area contributed by atoms with Gasteiger partial charge < -0.3 is 4.74 Å². The fraction of sp³-hybridized carbons (Fsp3) is 0.455. The molecule has 0 aromatic heterocycles. The van der Waals surface area contributed by atoms with Crippen molar-refractivity contribution in [2.24, 2.45) is 0 Å². The molecule has 0 unspecified atom stereocenters. The summed E-state index contributed by atoms with van der Waals surface area (Å²) < 4.78 is 5.47. The van der Waals surface area contributed by atoms with Gasteiger partial charge in [-0.3, -0.25) is 0 Å². The highest BCUT2D eigenvalue weighted by Gasteiger charge is 1.97. The molecule has 0 saturated carbocycles. The summed E-state index contributed by atoms with van der Waals surface area (Å²) in [5.74, 6) is 0.865. The largest absolute Gasteiger partial charge is 0.491 e. The van der Waals surface area contributed by atoms with Crippen molar-refractivity contribution in [3.63, 3.8) is 0 Å². The summed E-state index contributed by atoms with van der Waals surface area (Å²) in [7, 11) is 0. The van der Waals surface area contributed by atoms with Crippen molar-refractivity contribution in [2.45, 2.75) is 26.4 Å². The van der Waals surface area contributed by atoms with Crippen molar-refractivity contribution in [3.8, 4) is 5.75 Å². The maximum absolute atomic E-state index is 10.3. The van der Waals surface area contributed by atoms with Crippen LogP contribution in [0, 0.1) is 0 Å². The Bertz CT molecular complexity index is 239. The lowest BCUT2D eigenvalue weighted by atomic mass is 10.1. The van der Waals surface area contributed by atoms with Crippen molar-refractivity contribution < 1.29 is 9.84 Å². The first kappa shape index (κ1) is 10.1. The smallest absolute Gasteiger partial charge is 0.119 e. The minimum atomic E-state index is -0.0512. The molecule has 0 aliphatic rings. The van der Waals surface area contributed by atoms with Crippen LogP contribution >= 0.6 is 0 Å². The normalized spacial score (nSPS) is 10.5. The van der Waals surface area contributed by atoms with Crippen LogP contribution in [0.4, 0.5) is 0 Å². The Balaban J connectivity index is 2.59. The molecule has 0 fully saturated rings. The lowest BCUT2D eigenvalue weighted by Crippen LogP contribution is -2.05. The SMILES string of the molecule is CC(C)Oc1ccc(CC[O])cc1. The Morgan fingerprint density at radius 3 is 2.31 bits per heavy atom. The lowest BCUT2D eigenvalue weighted by molar-refractivity contribution is 0.197. The van der Waals surface area contributed by atoms with Crippen molar-refractivity contribution in [2.75, 3.05) is 6.61 Å². The van der Waals surface area contributed by atoms with Gasteiger partial charge >= 0.3 is 0 Å². The fourth-order valence-corrected chi connectivity index (χ4v) is 1.12. The van der Waals surface area contributed by atoms with Gasteiger partial charge in [-0.05, 0) is 38.0 Å². The van der Waals surface area contributed by atoms with Crippen molar-refractivity contribution in [1.29, 1.82) is 0 Å². The fourth-order valence-electron chi connectivity index (χ4n) is 1.12. The number of hydrogen-bond donors (Lipinski definition) is 0. The molecule has 0 heterocycles. The molecule has 1 rings (SSSR count). The molecule has 0 bridgehead atoms. The predicted octanol–water partition coefficient (Wildman–Crippen LogP) is 2.45. The second kappa shape index (κ2) is 4.87. The molecule has 1 radical (unpaired) electrons. The number of ether oxygens (including phenoxy) is 1. The Labute approximate surface area is 79.2 Å². The topological polar surface area (TPSA) is 29.1 Å². The molecule has 0 saturated heterocycles. The summed E-state index contributed by atoms with van der Waals surface area (Å²) in [5.41, 5.74) is 1.08. The van der Waals surface area contributed by atoms with Gasteiger partial charge in [-0.2, -0.15) is 0 Å². The number of benzene rings is 1. The minimum absolute atomic E-state index is 0.0512. The maximum Gasteiger partial charge on any atom is 0.119 e. The third-order valence-corrected chi connectivity index (χ3v) is 1.69. The van der Waals surface area contributed by atoms with Gasteiger partial charge in [-0.1, -0.05) is 12.1 Å². The average Bonchev–Trinajstić information content (AvgIpc) is 2.08. The lowest BCUT2D eigenvalue weighted by Gasteiger charge is -2.09. The van der Waals surface area contributed by atoms with E-state index < -0.39 is 0 Å². The van der Waals surface area contributed by atoms with Crippen molar-refractivity contribution in [1.82, 2.24) is 0 Å². The minimum Gasteiger partial charge on any atom is -0.491 e. The van der Waals surface area contributed by atoms with Crippen LogP contribution in [-0.4, -0.2) is 12.7 Å². The molecule has 13 heavy (non-hydrogen) atoms. The van der Waals surface area contributed by atoms with Gasteiger partial charge in [0.05, 0.1) is 12.7 Å². The second-order valence-electron chi connectivity index (χ2n) is 3.26. The van der Waals surface area contributed by atoms with E-state index in [2.05, 4.69) is 0 Å². The molecule has 0 atom stereocenters. The zero-order valence-corrected chi connectivity index (χ0v) is 8.12. The van der Waals surface area contributed by atoms with Gasteiger partial charge in [-0.25, -0.2) is 5.11 Å². The van der Waals surface area contributed by atoms with Gasteiger partial charge in [-0.15, -0.1) is 0 Å². The zero-order chi connectivity index (χ0) is 9.68. The number of hydrogen-bond acceptors (Lipinski definition) is 1. The first-order valence-corrected chi connectivity index (χ1v) is 4.56. The third-order valence-electron chi connectivity index (χ3n) is 1.69. The number of rotatable bonds is 4. The Morgan fingerprint density at radius 1 is 1.23 bits per heavy atom. The van der Waals surface area contributed by atoms with Gasteiger partial charge in [0.15, 0.2) is 0 Å². The van der Waals surface area contributed by atoms with E-state index in [0.29, 0.717) is 6.42 Å². The average molecular weight is 179 g/mol. The summed E-state index contributed by atoms with van der Waals surface area (Å²) in [6.45, 7) is 3.93. The maximum atomic E-state index is 10.3. The first-order valence-electron chi connectivity index (χ1n) is 4.56. The van der Waals surface area contributed by atoms with E-state index >= 15 is 0 Å². The molecule has 2 nitrogen and oxygen atoms in total. The molecule has 0 aliphatic heterocycles. The molecule has 0 aliphatic carbocycles. The highest BCUT2D eigenvalue weighted by atomic mass is 16.5. The van der Waals surface area contributed by atoms with Gasteiger partial charge in [0.1, 0.15) is 5.75 Å². The molecule has 2 heteroatoms. The van der Waals surface area contributed by atoms with Crippen LogP contribution in [0.25, 0.3) is 0 Å². The molecule has 1 aromatic carbocycles. The third kappa shape index (κ3) is 3.47. The predicted molar refractivity (Wildman–Crippen MR) is 51.5 cm³/mol. The van der Waals surface area contributed by atoms with Crippen LogP contribution in [0.3, 0.4) is 0 Å². The molecule has 0 spiro atoms. The summed E-state index contributed by atoms with van der Waals surface area (Å²) in [6, 6.07) is 7.70. The highest BCUT2D eigenvalue weighted by Crippen LogP contribution is 2.13. The molecule has 0 amide bonds. The summed E-state index contributed by atoms with van der Waals surface area (Å²) in [5, 5.41) is 10.3. The van der Waals surface area contributed by atoms with Crippen molar-refractivity contribution >= 4 is 0 Å².